The van der Waals surface area contributed by atoms with Crippen molar-refractivity contribution in [1.82, 2.24) is 5.32 Å². The standard InChI is InChI=1S/C30H27N3O2/c34-20-27(31-19-21-10-4-1-5-11-21)24-16-17-25-26(18-24)32-30(35)29(23-14-8-3-9-15-23)33-28(25)22-12-6-2-7-13-22/h1-18,27,29,31,34H,19-20H2,(H,32,35)/t27?,29-/m0/s1. The molecule has 1 aliphatic rings. The largest absolute Gasteiger partial charge is 0.394 e. The van der Waals surface area contributed by atoms with Crippen LogP contribution in [0, 0.1) is 0 Å². The van der Waals surface area contributed by atoms with Crippen LogP contribution in [-0.2, 0) is 11.3 Å². The summed E-state index contributed by atoms with van der Waals surface area (Å²) in [5, 5.41) is 16.6. The van der Waals surface area contributed by atoms with Crippen LogP contribution in [0.2, 0.25) is 0 Å². The van der Waals surface area contributed by atoms with Crippen LogP contribution < -0.4 is 10.6 Å². The van der Waals surface area contributed by atoms with E-state index in [9.17, 15) is 9.90 Å². The predicted molar refractivity (Wildman–Crippen MR) is 139 cm³/mol. The maximum atomic E-state index is 13.3. The monoisotopic (exact) mass is 461 g/mol. The Morgan fingerprint density at radius 2 is 1.51 bits per heavy atom. The smallest absolute Gasteiger partial charge is 0.253 e. The number of hydrogen-bond donors (Lipinski definition) is 3. The SMILES string of the molecule is O=C1Nc2cc(C(CO)NCc3ccccc3)ccc2C(c2ccccc2)=N[C@H]1c1ccccc1. The molecule has 5 rings (SSSR count). The summed E-state index contributed by atoms with van der Waals surface area (Å²) in [5.74, 6) is -0.182. The summed E-state index contributed by atoms with van der Waals surface area (Å²) < 4.78 is 0. The minimum Gasteiger partial charge on any atom is -0.394 e. The highest BCUT2D eigenvalue weighted by Crippen LogP contribution is 2.32. The molecule has 4 aromatic carbocycles. The zero-order chi connectivity index (χ0) is 24.0. The molecule has 5 nitrogen and oxygen atoms in total. The third-order valence-electron chi connectivity index (χ3n) is 6.21. The van der Waals surface area contributed by atoms with Crippen LogP contribution in [0.4, 0.5) is 5.69 Å². The summed E-state index contributed by atoms with van der Waals surface area (Å²) in [6.07, 6.45) is 0. The van der Waals surface area contributed by atoms with E-state index in [-0.39, 0.29) is 18.6 Å². The average Bonchev–Trinajstić information content (AvgIpc) is 3.06. The maximum Gasteiger partial charge on any atom is 0.253 e. The quantitative estimate of drug-likeness (QED) is 0.361. The van der Waals surface area contributed by atoms with E-state index in [1.807, 2.05) is 109 Å². The Labute approximate surface area is 205 Å². The molecule has 1 heterocycles. The van der Waals surface area contributed by atoms with Crippen LogP contribution in [0.15, 0.2) is 114 Å². The first-order valence-corrected chi connectivity index (χ1v) is 11.7. The number of aliphatic hydroxyl groups excluding tert-OH is 1. The molecule has 0 radical (unpaired) electrons. The van der Waals surface area contributed by atoms with E-state index in [2.05, 4.69) is 10.6 Å². The molecule has 35 heavy (non-hydrogen) atoms. The number of nitrogens with one attached hydrogen (secondary N) is 2. The fourth-order valence-electron chi connectivity index (χ4n) is 4.36. The lowest BCUT2D eigenvalue weighted by molar-refractivity contribution is -0.117. The lowest BCUT2D eigenvalue weighted by atomic mass is 9.97. The van der Waals surface area contributed by atoms with Gasteiger partial charge in [0.15, 0.2) is 6.04 Å². The van der Waals surface area contributed by atoms with Crippen LogP contribution in [0.25, 0.3) is 0 Å². The van der Waals surface area contributed by atoms with Gasteiger partial charge in [0.2, 0.25) is 0 Å². The van der Waals surface area contributed by atoms with E-state index in [4.69, 9.17) is 4.99 Å². The van der Waals surface area contributed by atoms with E-state index in [1.165, 1.54) is 0 Å². The van der Waals surface area contributed by atoms with Crippen molar-refractivity contribution in [2.24, 2.45) is 4.99 Å². The minimum atomic E-state index is -0.660. The number of nitrogens with zero attached hydrogens (tertiary/aromatic N) is 1. The Kier molecular flexibility index (Phi) is 6.80. The molecule has 3 N–H and O–H groups in total. The zero-order valence-corrected chi connectivity index (χ0v) is 19.3. The van der Waals surface area contributed by atoms with Crippen molar-refractivity contribution in [3.05, 3.63) is 137 Å². The highest BCUT2D eigenvalue weighted by atomic mass is 16.3. The van der Waals surface area contributed by atoms with Gasteiger partial charge in [-0.2, -0.15) is 0 Å². The summed E-state index contributed by atoms with van der Waals surface area (Å²) in [4.78, 5) is 18.3. The third-order valence-corrected chi connectivity index (χ3v) is 6.21. The Balaban J connectivity index is 1.51. The van der Waals surface area contributed by atoms with Gasteiger partial charge in [0.1, 0.15) is 0 Å². The summed E-state index contributed by atoms with van der Waals surface area (Å²) in [7, 11) is 0. The van der Waals surface area contributed by atoms with Gasteiger partial charge < -0.3 is 15.7 Å². The number of aliphatic imine (C=N–C) groups is 1. The fourth-order valence-corrected chi connectivity index (χ4v) is 4.36. The summed E-state index contributed by atoms with van der Waals surface area (Å²) >= 11 is 0. The molecule has 0 aliphatic carbocycles. The number of amides is 1. The van der Waals surface area contributed by atoms with Gasteiger partial charge in [-0.05, 0) is 22.8 Å². The van der Waals surface area contributed by atoms with Gasteiger partial charge in [-0.25, -0.2) is 0 Å². The van der Waals surface area contributed by atoms with Crippen LogP contribution in [0.1, 0.15) is 39.9 Å². The van der Waals surface area contributed by atoms with E-state index in [0.29, 0.717) is 12.2 Å². The average molecular weight is 462 g/mol. The van der Waals surface area contributed by atoms with Crippen molar-refractivity contribution in [2.75, 3.05) is 11.9 Å². The number of aliphatic hydroxyl groups is 1. The minimum absolute atomic E-state index is 0.0637. The molecule has 0 saturated heterocycles. The number of anilines is 1. The Bertz CT molecular complexity index is 1320. The molecule has 0 spiro atoms. The molecule has 0 saturated carbocycles. The first-order chi connectivity index (χ1) is 17.2. The summed E-state index contributed by atoms with van der Waals surface area (Å²) in [6, 6.07) is 34.6. The van der Waals surface area contributed by atoms with Gasteiger partial charge in [0.05, 0.1) is 24.0 Å². The van der Waals surface area contributed by atoms with Gasteiger partial charge in [-0.15, -0.1) is 0 Å². The first kappa shape index (κ1) is 22.7. The van der Waals surface area contributed by atoms with Crippen LogP contribution >= 0.6 is 0 Å². The van der Waals surface area contributed by atoms with Crippen molar-refractivity contribution < 1.29 is 9.90 Å². The molecular weight excluding hydrogens is 434 g/mol. The number of carbonyl (C=O) groups excluding carboxylic acids is 1. The van der Waals surface area contributed by atoms with Crippen molar-refractivity contribution in [2.45, 2.75) is 18.6 Å². The predicted octanol–water partition coefficient (Wildman–Crippen LogP) is 5.04. The Morgan fingerprint density at radius 3 is 2.20 bits per heavy atom. The second kappa shape index (κ2) is 10.5. The van der Waals surface area contributed by atoms with Crippen LogP contribution in [0.5, 0.6) is 0 Å². The molecule has 4 aromatic rings. The molecule has 0 aromatic heterocycles. The van der Waals surface area contributed by atoms with Gasteiger partial charge in [0.25, 0.3) is 5.91 Å². The number of rotatable bonds is 7. The molecule has 174 valence electrons. The number of carbonyl (C=O) groups is 1. The molecule has 0 fully saturated rings. The lowest BCUT2D eigenvalue weighted by Crippen LogP contribution is -2.24. The van der Waals surface area contributed by atoms with E-state index < -0.39 is 6.04 Å². The summed E-state index contributed by atoms with van der Waals surface area (Å²) in [6.45, 7) is 0.564. The van der Waals surface area contributed by atoms with Gasteiger partial charge in [-0.1, -0.05) is 103 Å². The molecular formula is C30H27N3O2. The maximum absolute atomic E-state index is 13.3. The number of hydrogen-bond acceptors (Lipinski definition) is 4. The zero-order valence-electron chi connectivity index (χ0n) is 19.3. The van der Waals surface area contributed by atoms with E-state index in [0.717, 1.165) is 33.5 Å². The molecule has 2 atom stereocenters. The van der Waals surface area contributed by atoms with Crippen molar-refractivity contribution >= 4 is 17.3 Å². The van der Waals surface area contributed by atoms with Gasteiger partial charge >= 0.3 is 0 Å². The number of benzodiazepines with no additional fused rings is 1. The second-order valence-corrected chi connectivity index (χ2v) is 8.55. The normalized spacial score (nSPS) is 16.0. The second-order valence-electron chi connectivity index (χ2n) is 8.55. The molecule has 1 unspecified atom stereocenters. The molecule has 1 aliphatic heterocycles. The van der Waals surface area contributed by atoms with E-state index in [1.54, 1.807) is 0 Å². The molecule has 5 heteroatoms. The van der Waals surface area contributed by atoms with Crippen LogP contribution in [0.3, 0.4) is 0 Å². The van der Waals surface area contributed by atoms with Gasteiger partial charge in [0, 0.05) is 17.7 Å². The highest BCUT2D eigenvalue weighted by molar-refractivity contribution is 6.19. The first-order valence-electron chi connectivity index (χ1n) is 11.7. The van der Waals surface area contributed by atoms with Crippen molar-refractivity contribution in [3.63, 3.8) is 0 Å². The number of fused-ring (bicyclic) bond motifs is 1. The van der Waals surface area contributed by atoms with Gasteiger partial charge in [-0.3, -0.25) is 9.79 Å². The number of benzene rings is 4. The molecule has 1 amide bonds. The van der Waals surface area contributed by atoms with Crippen molar-refractivity contribution in [1.29, 1.82) is 0 Å². The highest BCUT2D eigenvalue weighted by Gasteiger charge is 2.27. The Morgan fingerprint density at radius 1 is 0.857 bits per heavy atom. The van der Waals surface area contributed by atoms with Crippen LogP contribution in [-0.4, -0.2) is 23.3 Å². The topological polar surface area (TPSA) is 73.7 Å². The fraction of sp³-hybridized carbons (Fsp3) is 0.133. The Hall–Kier alpha value is -4.06. The van der Waals surface area contributed by atoms with E-state index >= 15 is 0 Å². The third kappa shape index (κ3) is 5.06. The molecule has 0 bridgehead atoms. The lowest BCUT2D eigenvalue weighted by Gasteiger charge is -2.19. The van der Waals surface area contributed by atoms with Crippen molar-refractivity contribution in [3.8, 4) is 0 Å². The summed E-state index contributed by atoms with van der Waals surface area (Å²) in [5.41, 5.74) is 6.12.